The minimum absolute atomic E-state index is 0.0417. The second-order valence-corrected chi connectivity index (χ2v) is 28.5. The number of hydrogen-bond donors (Lipinski definition) is 0. The Kier molecular flexibility index (Phi) is 40.9. The van der Waals surface area contributed by atoms with Gasteiger partial charge in [0.15, 0.2) is 0 Å². The van der Waals surface area contributed by atoms with Gasteiger partial charge in [0.25, 0.3) is 0 Å². The first kappa shape index (κ1) is 81.9. The van der Waals surface area contributed by atoms with Crippen LogP contribution in [0, 0.1) is 0 Å². The second-order valence-electron chi connectivity index (χ2n) is 26.2. The highest BCUT2D eigenvalue weighted by Crippen LogP contribution is 2.49. The number of ether oxygens (including phenoxy) is 8. The van der Waals surface area contributed by atoms with Gasteiger partial charge in [0.1, 0.15) is 16.8 Å². The molecule has 10 heteroatoms. The van der Waals surface area contributed by atoms with Crippen LogP contribution in [0.25, 0.3) is 11.1 Å². The topological polar surface area (TPSA) is 73.8 Å². The maximum absolute atomic E-state index is 6.94. The molecule has 0 saturated heterocycles. The minimum Gasteiger partial charge on any atom is -0.379 e. The molecule has 3 aliphatic carbocycles. The number of thioether (sulfide) groups is 2. The molecule has 518 valence electrons. The average molecular weight is 1310 g/mol. The number of benzene rings is 6. The summed E-state index contributed by atoms with van der Waals surface area (Å²) in [6.45, 7) is 28.2. The van der Waals surface area contributed by atoms with Crippen molar-refractivity contribution in [2.24, 2.45) is 0 Å². The van der Waals surface area contributed by atoms with Crippen molar-refractivity contribution < 1.29 is 42.0 Å². The largest absolute Gasteiger partial charge is 0.379 e. The van der Waals surface area contributed by atoms with E-state index >= 15 is 0 Å². The van der Waals surface area contributed by atoms with Crippen molar-refractivity contribution >= 4 is 23.5 Å². The molecule has 0 N–H and O–H groups in total. The van der Waals surface area contributed by atoms with Gasteiger partial charge in [0.05, 0.1) is 28.0 Å². The monoisotopic (exact) mass is 1310 g/mol. The van der Waals surface area contributed by atoms with Crippen LogP contribution in [0.5, 0.6) is 0 Å². The summed E-state index contributed by atoms with van der Waals surface area (Å²) in [6.07, 6.45) is 17.4. The molecule has 2 fully saturated rings. The molecule has 2 saturated carbocycles. The van der Waals surface area contributed by atoms with Gasteiger partial charge >= 0.3 is 0 Å². The normalized spacial score (nSPS) is 15.4. The Morgan fingerprint density at radius 2 is 0.576 bits per heavy atom. The summed E-state index contributed by atoms with van der Waals surface area (Å²) < 4.78 is 63.4. The molecular weight excluding hydrogens is 1180 g/mol. The standard InChI is InChI=1S/C15H14O.2C15H16O.2C8H16O.3C5H12O.2C3H8S/c1-15(16-2)13-9-5-3-7-11(13)12-8-4-6-10-14(12)15;2*1-15(16-2,13-9-5-3-6-10-13)14-11-7-4-8-12-14;2*1-8(9-2)6-4-3-5-7-8;3*1-5(2,3)6-4;2*1-3-4-2/h3-10H,1-2H3;2*3-12H,1-2H3;2*3-7H2,1-2H3;3*1-4H3;2*3H2,1-2H3/i;;;;;1D3;;;;. The molecule has 3 aliphatic rings. The van der Waals surface area contributed by atoms with Gasteiger partial charge in [0.2, 0.25) is 0 Å². The first-order chi connectivity index (χ1) is 44.6. The lowest BCUT2D eigenvalue weighted by molar-refractivity contribution is -0.0234. The molecule has 9 rings (SSSR count). The molecule has 0 aliphatic heterocycles. The Labute approximate surface area is 577 Å². The Balaban J connectivity index is 0.00000107. The zero-order valence-corrected chi connectivity index (χ0v) is 63.9. The zero-order valence-electron chi connectivity index (χ0n) is 65.2. The molecule has 0 unspecified atom stereocenters. The number of methoxy groups -OCH3 is 8. The highest BCUT2D eigenvalue weighted by atomic mass is 32.2. The van der Waals surface area contributed by atoms with E-state index in [1.54, 1.807) is 49.4 Å². The summed E-state index contributed by atoms with van der Waals surface area (Å²) in [6, 6.07) is 58.1. The maximum atomic E-state index is 6.94. The minimum atomic E-state index is -2.03. The Morgan fingerprint density at radius 1 is 0.348 bits per heavy atom. The van der Waals surface area contributed by atoms with E-state index in [0.717, 1.165) is 0 Å². The van der Waals surface area contributed by atoms with E-state index in [1.165, 1.54) is 127 Å². The molecule has 0 radical (unpaired) electrons. The Morgan fingerprint density at radius 3 is 0.739 bits per heavy atom. The summed E-state index contributed by atoms with van der Waals surface area (Å²) in [5, 5.41) is 0. The van der Waals surface area contributed by atoms with E-state index in [2.05, 4.69) is 158 Å². The predicted octanol–water partition coefficient (Wildman–Crippen LogP) is 22.5. The maximum Gasteiger partial charge on any atom is 0.116 e. The van der Waals surface area contributed by atoms with E-state index in [9.17, 15) is 0 Å². The van der Waals surface area contributed by atoms with E-state index in [0.29, 0.717) is 0 Å². The summed E-state index contributed by atoms with van der Waals surface area (Å²) in [5.41, 5.74) is 8.25. The van der Waals surface area contributed by atoms with Gasteiger partial charge in [-0.05, 0) is 191 Å². The van der Waals surface area contributed by atoms with Crippen LogP contribution in [0.2, 0.25) is 0 Å². The smallest absolute Gasteiger partial charge is 0.116 e. The van der Waals surface area contributed by atoms with Crippen molar-refractivity contribution in [2.75, 3.05) is 80.9 Å². The SMILES string of the molecule is CCSC.CCSC.COC(C)(C)C.COC(C)(C)C.COC(C)(c1ccccc1)c1ccccc1.COC(C)(c1ccccc1)c1ccccc1.COC1(C)CCCCC1.COC1(C)CCCCC1.COC1(C)c2ccccc2-c2ccccc21.[2H]C([2H])([2H])C(C)(C)OC. The molecule has 0 aromatic heterocycles. The highest BCUT2D eigenvalue weighted by Gasteiger charge is 2.39. The molecule has 0 bridgehead atoms. The lowest BCUT2D eigenvalue weighted by atomic mass is 9.86. The number of hydrogen-bond acceptors (Lipinski definition) is 10. The van der Waals surface area contributed by atoms with E-state index in [1.807, 2.05) is 152 Å². The van der Waals surface area contributed by atoms with Crippen molar-refractivity contribution in [3.8, 4) is 11.1 Å². The lowest BCUT2D eigenvalue weighted by Crippen LogP contribution is -2.29. The molecule has 8 nitrogen and oxygen atoms in total. The third-order valence-corrected chi connectivity index (χ3v) is 18.0. The van der Waals surface area contributed by atoms with Crippen molar-refractivity contribution in [2.45, 2.75) is 220 Å². The summed E-state index contributed by atoms with van der Waals surface area (Å²) in [5.74, 6) is 2.47. The van der Waals surface area contributed by atoms with Crippen LogP contribution in [0.3, 0.4) is 0 Å². The van der Waals surface area contributed by atoms with Crippen molar-refractivity contribution in [3.05, 3.63) is 203 Å². The van der Waals surface area contributed by atoms with Crippen LogP contribution >= 0.6 is 23.5 Å². The Bertz CT molecular complexity index is 2560. The molecule has 0 spiro atoms. The highest BCUT2D eigenvalue weighted by molar-refractivity contribution is 7.98. The van der Waals surface area contributed by atoms with E-state index < -0.39 is 12.5 Å². The zero-order chi connectivity index (χ0) is 72.5. The third-order valence-electron chi connectivity index (χ3n) is 16.8. The van der Waals surface area contributed by atoms with E-state index in [-0.39, 0.29) is 39.2 Å². The fourth-order valence-electron chi connectivity index (χ4n) is 9.47. The number of fused-ring (bicyclic) bond motifs is 3. The molecule has 92 heavy (non-hydrogen) atoms. The van der Waals surface area contributed by atoms with Crippen LogP contribution < -0.4 is 0 Å². The van der Waals surface area contributed by atoms with Gasteiger partial charge in [0, 0.05) is 61.0 Å². The van der Waals surface area contributed by atoms with Crippen LogP contribution in [0.1, 0.15) is 212 Å². The van der Waals surface area contributed by atoms with Crippen molar-refractivity contribution in [1.82, 2.24) is 0 Å². The van der Waals surface area contributed by atoms with E-state index in [4.69, 9.17) is 42.0 Å². The van der Waals surface area contributed by atoms with Gasteiger partial charge in [-0.3, -0.25) is 0 Å². The quantitative estimate of drug-likeness (QED) is 0.125. The molecule has 6 aromatic rings. The fraction of sp³-hybridized carbons (Fsp3) is 0.561. The van der Waals surface area contributed by atoms with Crippen LogP contribution in [-0.2, 0) is 54.7 Å². The second kappa shape index (κ2) is 46.0. The molecular formula is C82H130O8S2. The fourth-order valence-corrected chi connectivity index (χ4v) is 9.47. The van der Waals surface area contributed by atoms with Crippen LogP contribution in [0.15, 0.2) is 170 Å². The van der Waals surface area contributed by atoms with Crippen molar-refractivity contribution in [3.63, 3.8) is 0 Å². The summed E-state index contributed by atoms with van der Waals surface area (Å²) >= 11 is 3.71. The summed E-state index contributed by atoms with van der Waals surface area (Å²) in [4.78, 5) is 0. The Hall–Kier alpha value is -4.30. The number of rotatable bonds is 11. The average Bonchev–Trinajstić information content (AvgIpc) is 1.59. The molecule has 0 heterocycles. The van der Waals surface area contributed by atoms with Crippen LogP contribution in [-0.4, -0.2) is 109 Å². The van der Waals surface area contributed by atoms with Gasteiger partial charge in [-0.25, -0.2) is 0 Å². The predicted molar refractivity (Wildman–Crippen MR) is 403 cm³/mol. The van der Waals surface area contributed by atoms with Crippen molar-refractivity contribution in [1.29, 1.82) is 0 Å². The van der Waals surface area contributed by atoms with Crippen LogP contribution in [0.4, 0.5) is 0 Å². The summed E-state index contributed by atoms with van der Waals surface area (Å²) in [7, 11) is 13.7. The first-order valence-corrected chi connectivity index (χ1v) is 35.7. The first-order valence-electron chi connectivity index (χ1n) is 34.4. The molecule has 0 amide bonds. The van der Waals surface area contributed by atoms with Gasteiger partial charge in [-0.15, -0.1) is 0 Å². The van der Waals surface area contributed by atoms with Gasteiger partial charge in [-0.1, -0.05) is 222 Å². The van der Waals surface area contributed by atoms with Gasteiger partial charge < -0.3 is 37.9 Å². The molecule has 0 atom stereocenters. The third kappa shape index (κ3) is 33.4. The lowest BCUT2D eigenvalue weighted by Gasteiger charge is -2.31. The van der Waals surface area contributed by atoms with Gasteiger partial charge in [-0.2, -0.15) is 23.5 Å². The molecule has 6 aromatic carbocycles.